The molecule has 2 N–H and O–H groups in total. The number of nitrogens with one attached hydrogen (secondary N) is 1. The molecule has 0 radical (unpaired) electrons. The van der Waals surface area contributed by atoms with Gasteiger partial charge in [0, 0.05) is 37.9 Å². The first-order valence-electron chi connectivity index (χ1n) is 7.45. The third kappa shape index (κ3) is 4.15. The van der Waals surface area contributed by atoms with Crippen LogP contribution in [0.5, 0.6) is 0 Å². The molecule has 1 saturated heterocycles. The van der Waals surface area contributed by atoms with Gasteiger partial charge < -0.3 is 20.2 Å². The number of pyridine rings is 1. The van der Waals surface area contributed by atoms with E-state index < -0.39 is 0 Å². The van der Waals surface area contributed by atoms with E-state index in [0.717, 1.165) is 32.0 Å². The number of rotatable bonds is 5. The molecule has 1 aliphatic heterocycles. The summed E-state index contributed by atoms with van der Waals surface area (Å²) in [6.07, 6.45) is 2.38. The maximum absolute atomic E-state index is 12.2. The highest BCUT2D eigenvalue weighted by Crippen LogP contribution is 2.15. The predicted molar refractivity (Wildman–Crippen MR) is 82.6 cm³/mol. The van der Waals surface area contributed by atoms with Crippen molar-refractivity contribution in [3.8, 4) is 0 Å². The Balaban J connectivity index is 2.05. The average molecular weight is 292 g/mol. The van der Waals surface area contributed by atoms with Gasteiger partial charge in [0.2, 0.25) is 0 Å². The zero-order valence-corrected chi connectivity index (χ0v) is 12.7. The van der Waals surface area contributed by atoms with Gasteiger partial charge in [-0.2, -0.15) is 0 Å². The largest absolute Gasteiger partial charge is 0.394 e. The number of aromatic nitrogens is 1. The van der Waals surface area contributed by atoms with E-state index >= 15 is 0 Å². The topological polar surface area (TPSA) is 68.7 Å². The smallest absolute Gasteiger partial charge is 0.251 e. The Bertz CT molecular complexity index is 468. The van der Waals surface area contributed by atoms with Crippen molar-refractivity contribution in [2.45, 2.75) is 19.4 Å². The van der Waals surface area contributed by atoms with Gasteiger partial charge in [0.05, 0.1) is 12.6 Å². The molecule has 6 heteroatoms. The van der Waals surface area contributed by atoms with Crippen LogP contribution < -0.4 is 10.2 Å². The van der Waals surface area contributed by atoms with Crippen molar-refractivity contribution in [2.24, 2.45) is 0 Å². The highest BCUT2D eigenvalue weighted by Gasteiger charge is 2.17. The summed E-state index contributed by atoms with van der Waals surface area (Å²) in [5.74, 6) is 0.682. The Morgan fingerprint density at radius 3 is 2.76 bits per heavy atom. The van der Waals surface area contributed by atoms with Crippen LogP contribution in [0, 0.1) is 0 Å². The van der Waals surface area contributed by atoms with Gasteiger partial charge in [-0.15, -0.1) is 0 Å². The Labute approximate surface area is 125 Å². The Hall–Kier alpha value is -1.66. The zero-order chi connectivity index (χ0) is 15.2. The minimum Gasteiger partial charge on any atom is -0.394 e. The fraction of sp³-hybridized carbons (Fsp3) is 0.600. The summed E-state index contributed by atoms with van der Waals surface area (Å²) in [5, 5.41) is 12.0. The average Bonchev–Trinajstić information content (AvgIpc) is 2.53. The minimum absolute atomic E-state index is 0.0430. The molecule has 6 nitrogen and oxygen atoms in total. The van der Waals surface area contributed by atoms with Crippen LogP contribution in [0.1, 0.15) is 23.7 Å². The normalized spacial score (nSPS) is 17.6. The van der Waals surface area contributed by atoms with Crippen molar-refractivity contribution >= 4 is 11.7 Å². The molecular weight excluding hydrogens is 268 g/mol. The second-order valence-corrected chi connectivity index (χ2v) is 5.45. The Kier molecular flexibility index (Phi) is 5.52. The van der Waals surface area contributed by atoms with Crippen molar-refractivity contribution in [1.82, 2.24) is 15.2 Å². The second-order valence-electron chi connectivity index (χ2n) is 5.45. The molecule has 116 valence electrons. The number of aliphatic hydroxyl groups excluding tert-OH is 1. The first-order chi connectivity index (χ1) is 10.1. The van der Waals surface area contributed by atoms with E-state index in [-0.39, 0.29) is 18.6 Å². The number of nitrogens with zero attached hydrogens (tertiary/aromatic N) is 3. The summed E-state index contributed by atoms with van der Waals surface area (Å²) in [6.45, 7) is 5.73. The quantitative estimate of drug-likeness (QED) is 0.819. The molecule has 1 aromatic rings. The van der Waals surface area contributed by atoms with Crippen molar-refractivity contribution in [3.63, 3.8) is 0 Å². The van der Waals surface area contributed by atoms with E-state index in [1.54, 1.807) is 12.3 Å². The number of hydrogen-bond acceptors (Lipinski definition) is 5. The fourth-order valence-electron chi connectivity index (χ4n) is 2.31. The lowest BCUT2D eigenvalue weighted by Gasteiger charge is -2.33. The number of piperazine rings is 1. The van der Waals surface area contributed by atoms with Crippen LogP contribution in [0.15, 0.2) is 18.3 Å². The Morgan fingerprint density at radius 1 is 1.43 bits per heavy atom. The van der Waals surface area contributed by atoms with E-state index in [4.69, 9.17) is 5.11 Å². The first kappa shape index (κ1) is 15.7. The number of carbonyl (C=O) groups is 1. The van der Waals surface area contributed by atoms with Gasteiger partial charge in [0.25, 0.3) is 5.91 Å². The van der Waals surface area contributed by atoms with Gasteiger partial charge in [0.1, 0.15) is 5.82 Å². The first-order valence-corrected chi connectivity index (χ1v) is 7.45. The molecule has 21 heavy (non-hydrogen) atoms. The van der Waals surface area contributed by atoms with Gasteiger partial charge in [0.15, 0.2) is 0 Å². The molecule has 2 heterocycles. The third-order valence-corrected chi connectivity index (χ3v) is 3.88. The lowest BCUT2D eigenvalue weighted by molar-refractivity contribution is 0.0915. The SMILES string of the molecule is CCC(CO)NC(=O)c1ccnc(N2CCN(C)CC2)c1. The number of amides is 1. The predicted octanol–water partition coefficient (Wildman–Crippen LogP) is 0.334. The summed E-state index contributed by atoms with van der Waals surface area (Å²) in [6, 6.07) is 3.33. The van der Waals surface area contributed by atoms with E-state index in [1.807, 2.05) is 13.0 Å². The maximum atomic E-state index is 12.2. The van der Waals surface area contributed by atoms with Crippen molar-refractivity contribution < 1.29 is 9.90 Å². The summed E-state index contributed by atoms with van der Waals surface area (Å²) in [5.41, 5.74) is 0.589. The standard InChI is InChI=1S/C15H24N4O2/c1-3-13(11-20)17-15(21)12-4-5-16-14(10-12)19-8-6-18(2)7-9-19/h4-5,10,13,20H,3,6-9,11H2,1-2H3,(H,17,21). The molecule has 0 bridgehead atoms. The number of aliphatic hydroxyl groups is 1. The van der Waals surface area contributed by atoms with Crippen LogP contribution in [0.3, 0.4) is 0 Å². The molecule has 1 atom stereocenters. The van der Waals surface area contributed by atoms with E-state index in [9.17, 15) is 4.79 Å². The minimum atomic E-state index is -0.197. The summed E-state index contributed by atoms with van der Waals surface area (Å²) in [7, 11) is 2.11. The lowest BCUT2D eigenvalue weighted by Crippen LogP contribution is -2.45. The highest BCUT2D eigenvalue weighted by atomic mass is 16.3. The van der Waals surface area contributed by atoms with E-state index in [2.05, 4.69) is 27.1 Å². The monoisotopic (exact) mass is 292 g/mol. The summed E-state index contributed by atoms with van der Waals surface area (Å²) >= 11 is 0. The van der Waals surface area contributed by atoms with Gasteiger partial charge in [-0.25, -0.2) is 4.98 Å². The van der Waals surface area contributed by atoms with E-state index in [0.29, 0.717) is 12.0 Å². The van der Waals surface area contributed by atoms with E-state index in [1.165, 1.54) is 0 Å². The van der Waals surface area contributed by atoms with Crippen LogP contribution in [-0.2, 0) is 0 Å². The molecule has 0 saturated carbocycles. The Morgan fingerprint density at radius 2 is 2.14 bits per heavy atom. The van der Waals surface area contributed by atoms with Crippen molar-refractivity contribution in [3.05, 3.63) is 23.9 Å². The number of anilines is 1. The molecule has 1 fully saturated rings. The maximum Gasteiger partial charge on any atom is 0.251 e. The van der Waals surface area contributed by atoms with Gasteiger partial charge >= 0.3 is 0 Å². The van der Waals surface area contributed by atoms with Gasteiger partial charge in [-0.3, -0.25) is 4.79 Å². The second kappa shape index (κ2) is 7.38. The number of hydrogen-bond donors (Lipinski definition) is 2. The third-order valence-electron chi connectivity index (χ3n) is 3.88. The van der Waals surface area contributed by atoms with Crippen LogP contribution >= 0.6 is 0 Å². The summed E-state index contributed by atoms with van der Waals surface area (Å²) < 4.78 is 0. The molecule has 1 unspecified atom stereocenters. The molecule has 1 amide bonds. The molecule has 0 spiro atoms. The van der Waals surface area contributed by atoms with Crippen LogP contribution in [0.25, 0.3) is 0 Å². The van der Waals surface area contributed by atoms with Crippen LogP contribution in [0.2, 0.25) is 0 Å². The van der Waals surface area contributed by atoms with Gasteiger partial charge in [-0.05, 0) is 25.6 Å². The fourth-order valence-corrected chi connectivity index (χ4v) is 2.31. The zero-order valence-electron chi connectivity index (χ0n) is 12.7. The van der Waals surface area contributed by atoms with Crippen molar-refractivity contribution in [1.29, 1.82) is 0 Å². The van der Waals surface area contributed by atoms with Crippen LogP contribution in [0.4, 0.5) is 5.82 Å². The molecule has 0 aliphatic carbocycles. The molecule has 1 aliphatic rings. The number of carbonyl (C=O) groups excluding carboxylic acids is 1. The lowest BCUT2D eigenvalue weighted by atomic mass is 10.2. The molecule has 2 rings (SSSR count). The molecule has 0 aromatic carbocycles. The highest BCUT2D eigenvalue weighted by molar-refractivity contribution is 5.95. The van der Waals surface area contributed by atoms with Gasteiger partial charge in [-0.1, -0.05) is 6.92 Å². The molecule has 1 aromatic heterocycles. The number of likely N-dealkylation sites (N-methyl/N-ethyl adjacent to an activating group) is 1. The van der Waals surface area contributed by atoms with Crippen LogP contribution in [-0.4, -0.2) is 66.8 Å². The van der Waals surface area contributed by atoms with Crippen molar-refractivity contribution in [2.75, 3.05) is 44.7 Å². The molecular formula is C15H24N4O2. The summed E-state index contributed by atoms with van der Waals surface area (Å²) in [4.78, 5) is 21.0.